The smallest absolute Gasteiger partial charge is 0.409 e. The highest BCUT2D eigenvalue weighted by molar-refractivity contribution is 6.09. The number of anilines is 2. The minimum atomic E-state index is -2.74. The lowest BCUT2D eigenvalue weighted by Crippen LogP contribution is -2.70. The molecule has 44 heavy (non-hydrogen) atoms. The topological polar surface area (TPSA) is 151 Å². The molecule has 2 amide bonds. The third kappa shape index (κ3) is 4.44. The molecular weight excluding hydrogens is 578 g/mol. The second-order valence-electron chi connectivity index (χ2n) is 12.1. The van der Waals surface area contributed by atoms with Gasteiger partial charge in [-0.15, -0.1) is 0 Å². The van der Waals surface area contributed by atoms with Crippen LogP contribution in [0.4, 0.5) is 25.0 Å². The summed E-state index contributed by atoms with van der Waals surface area (Å²) in [6.45, 7) is 5.18. The molecule has 2 N–H and O–H groups in total. The van der Waals surface area contributed by atoms with Gasteiger partial charge in [-0.2, -0.15) is 10.1 Å². The second kappa shape index (κ2) is 9.94. The second-order valence-corrected chi connectivity index (χ2v) is 12.1. The van der Waals surface area contributed by atoms with E-state index in [0.29, 0.717) is 59.4 Å². The number of methoxy groups -OCH3 is 1. The number of rotatable bonds is 6. The van der Waals surface area contributed by atoms with Gasteiger partial charge in [0.05, 0.1) is 41.7 Å². The van der Waals surface area contributed by atoms with Gasteiger partial charge in [-0.1, -0.05) is 5.16 Å². The quantitative estimate of drug-likeness (QED) is 0.333. The van der Waals surface area contributed by atoms with E-state index in [9.17, 15) is 23.5 Å². The van der Waals surface area contributed by atoms with E-state index in [4.69, 9.17) is 9.26 Å². The number of aromatic nitrogens is 5. The Hall–Kier alpha value is -4.66. The number of fused-ring (bicyclic) bond motifs is 1. The van der Waals surface area contributed by atoms with Crippen LogP contribution in [0.3, 0.4) is 0 Å². The summed E-state index contributed by atoms with van der Waals surface area (Å²) in [7, 11) is 1.33. The van der Waals surface area contributed by atoms with Gasteiger partial charge in [-0.05, 0) is 44.9 Å². The minimum absolute atomic E-state index is 0.0854. The van der Waals surface area contributed by atoms with Crippen LogP contribution in [0.5, 0.6) is 0 Å². The Morgan fingerprint density at radius 3 is 2.70 bits per heavy atom. The molecule has 0 unspecified atom stereocenters. The van der Waals surface area contributed by atoms with Crippen molar-refractivity contribution in [1.82, 2.24) is 29.6 Å². The molecule has 4 aromatic rings. The number of carbonyl (C=O) groups excluding carboxylic acids is 2. The van der Waals surface area contributed by atoms with Gasteiger partial charge in [0, 0.05) is 54.7 Å². The van der Waals surface area contributed by atoms with E-state index in [1.807, 2.05) is 24.0 Å². The number of amides is 2. The molecule has 6 heterocycles. The van der Waals surface area contributed by atoms with Crippen molar-refractivity contribution in [2.24, 2.45) is 5.41 Å². The fourth-order valence-electron chi connectivity index (χ4n) is 6.64. The van der Waals surface area contributed by atoms with Crippen molar-refractivity contribution in [3.63, 3.8) is 0 Å². The largest absolute Gasteiger partial charge is 0.453 e. The Morgan fingerprint density at radius 2 is 2.00 bits per heavy atom. The normalized spacial score (nSPS) is 21.6. The van der Waals surface area contributed by atoms with Crippen LogP contribution in [-0.2, 0) is 4.74 Å². The van der Waals surface area contributed by atoms with Gasteiger partial charge in [0.1, 0.15) is 5.60 Å². The first-order valence-corrected chi connectivity index (χ1v) is 14.2. The molecule has 3 aliphatic rings. The highest BCUT2D eigenvalue weighted by atomic mass is 19.3. The van der Waals surface area contributed by atoms with Crippen LogP contribution in [0.25, 0.3) is 16.9 Å². The highest BCUT2D eigenvalue weighted by Gasteiger charge is 2.63. The maximum Gasteiger partial charge on any atom is 0.409 e. The Kier molecular flexibility index (Phi) is 6.35. The van der Waals surface area contributed by atoms with E-state index < -0.39 is 18.1 Å². The van der Waals surface area contributed by atoms with Crippen molar-refractivity contribution in [2.45, 2.75) is 50.7 Å². The molecule has 7 rings (SSSR count). The molecule has 1 saturated carbocycles. The van der Waals surface area contributed by atoms with E-state index in [-0.39, 0.29) is 36.1 Å². The fraction of sp³-hybridized carbons (Fsp3) is 0.448. The van der Waals surface area contributed by atoms with Crippen LogP contribution in [0, 0.1) is 12.3 Å². The van der Waals surface area contributed by atoms with Crippen molar-refractivity contribution in [3.05, 3.63) is 53.9 Å². The Balaban J connectivity index is 1.05. The Bertz CT molecular complexity index is 1780. The maximum atomic E-state index is 13.4. The van der Waals surface area contributed by atoms with Crippen LogP contribution in [0.1, 0.15) is 47.6 Å². The number of aryl methyl sites for hydroxylation is 1. The van der Waals surface area contributed by atoms with E-state index in [2.05, 4.69) is 25.5 Å². The zero-order chi connectivity index (χ0) is 31.0. The molecular formula is C29H30F2N8O5. The molecule has 0 bridgehead atoms. The SMILES string of the molecule is COC(=O)N1C[C@@H](c2nc(-c3cnc(C)c(NC(=O)c4cnn5ccc(N6CC7(C6)CC(O)(C(F)F)C7)cc45)c3)no2)[C@@H]1C. The average molecular weight is 609 g/mol. The molecule has 13 nitrogen and oxygen atoms in total. The number of likely N-dealkylation sites (tertiary alicyclic amines) is 1. The van der Waals surface area contributed by atoms with E-state index in [1.54, 1.807) is 34.8 Å². The van der Waals surface area contributed by atoms with Gasteiger partial charge in [0.15, 0.2) is 0 Å². The van der Waals surface area contributed by atoms with E-state index in [1.165, 1.54) is 13.3 Å². The van der Waals surface area contributed by atoms with E-state index >= 15 is 0 Å². The molecule has 3 fully saturated rings. The molecule has 0 aromatic carbocycles. The van der Waals surface area contributed by atoms with Gasteiger partial charge >= 0.3 is 6.09 Å². The van der Waals surface area contributed by atoms with Gasteiger partial charge in [0.25, 0.3) is 12.3 Å². The first kappa shape index (κ1) is 28.1. The number of ether oxygens (including phenoxy) is 1. The first-order chi connectivity index (χ1) is 21.0. The summed E-state index contributed by atoms with van der Waals surface area (Å²) in [5.41, 5.74) is 1.18. The number of halogens is 2. The molecule has 1 spiro atoms. The zero-order valence-corrected chi connectivity index (χ0v) is 24.2. The number of pyridine rings is 2. The highest BCUT2D eigenvalue weighted by Crippen LogP contribution is 2.56. The number of nitrogens with zero attached hydrogens (tertiary/aromatic N) is 7. The van der Waals surface area contributed by atoms with E-state index in [0.717, 1.165) is 5.69 Å². The van der Waals surface area contributed by atoms with Crippen LogP contribution in [-0.4, -0.2) is 91.6 Å². The predicted molar refractivity (Wildman–Crippen MR) is 152 cm³/mol. The van der Waals surface area contributed by atoms with Crippen LogP contribution >= 0.6 is 0 Å². The van der Waals surface area contributed by atoms with Crippen LogP contribution < -0.4 is 10.2 Å². The molecule has 4 aromatic heterocycles. The summed E-state index contributed by atoms with van der Waals surface area (Å²) in [4.78, 5) is 37.8. The van der Waals surface area contributed by atoms with Crippen molar-refractivity contribution in [3.8, 4) is 11.4 Å². The third-order valence-electron chi connectivity index (χ3n) is 9.16. The maximum absolute atomic E-state index is 13.4. The molecule has 2 atom stereocenters. The van der Waals surface area contributed by atoms with Crippen molar-refractivity contribution in [1.29, 1.82) is 0 Å². The number of carbonyl (C=O) groups is 2. The lowest BCUT2D eigenvalue weighted by atomic mass is 9.55. The zero-order valence-electron chi connectivity index (χ0n) is 24.2. The van der Waals surface area contributed by atoms with Crippen molar-refractivity contribution < 1.29 is 32.7 Å². The summed E-state index contributed by atoms with van der Waals surface area (Å²) < 4.78 is 38.1. The molecule has 15 heteroatoms. The number of nitrogens with one attached hydrogen (secondary N) is 1. The summed E-state index contributed by atoms with van der Waals surface area (Å²) in [5, 5.41) is 21.3. The average Bonchev–Trinajstić information content (AvgIpc) is 3.61. The Labute approximate surface area is 249 Å². The summed E-state index contributed by atoms with van der Waals surface area (Å²) in [6, 6.07) is 5.27. The van der Waals surface area contributed by atoms with Crippen molar-refractivity contribution in [2.75, 3.05) is 37.0 Å². The Morgan fingerprint density at radius 1 is 1.23 bits per heavy atom. The fourth-order valence-corrected chi connectivity index (χ4v) is 6.64. The monoisotopic (exact) mass is 608 g/mol. The molecule has 2 aliphatic heterocycles. The number of alkyl halides is 2. The van der Waals surface area contributed by atoms with Crippen LogP contribution in [0.15, 0.2) is 41.3 Å². The van der Waals surface area contributed by atoms with Crippen molar-refractivity contribution >= 4 is 28.9 Å². The lowest BCUT2D eigenvalue weighted by molar-refractivity contribution is -0.209. The number of hydrogen-bond acceptors (Lipinski definition) is 10. The van der Waals surface area contributed by atoms with Crippen LogP contribution in [0.2, 0.25) is 0 Å². The first-order valence-electron chi connectivity index (χ1n) is 14.2. The third-order valence-corrected chi connectivity index (χ3v) is 9.16. The molecule has 2 saturated heterocycles. The summed E-state index contributed by atoms with van der Waals surface area (Å²) in [5.74, 6) is 0.194. The summed E-state index contributed by atoms with van der Waals surface area (Å²) >= 11 is 0. The lowest BCUT2D eigenvalue weighted by Gasteiger charge is -2.62. The minimum Gasteiger partial charge on any atom is -0.453 e. The van der Waals surface area contributed by atoms with Gasteiger partial charge in [0.2, 0.25) is 11.7 Å². The molecule has 230 valence electrons. The molecule has 0 radical (unpaired) electrons. The van der Waals surface area contributed by atoms with Gasteiger partial charge < -0.3 is 29.5 Å². The predicted octanol–water partition coefficient (Wildman–Crippen LogP) is 3.49. The standard InChI is InChI=1S/C29H30F2N8O5/c1-15-21(6-17(8-32-15)23-35-25(44-36-23)20-10-38(16(20)2)27(41)43-3)34-24(40)19-9-33-39-5-4-18(7-22(19)39)37-13-28(14-37)11-29(42,12-28)26(30)31/h4-9,16,20,26,42H,10-14H2,1-3H3,(H,34,40)/t16-,20+/m0/s1. The number of aliphatic hydroxyl groups is 1. The molecule has 1 aliphatic carbocycles. The van der Waals surface area contributed by atoms with Gasteiger partial charge in [-0.25, -0.2) is 18.1 Å². The number of hydrogen-bond donors (Lipinski definition) is 2. The van der Waals surface area contributed by atoms with Gasteiger partial charge in [-0.3, -0.25) is 9.78 Å². The summed E-state index contributed by atoms with van der Waals surface area (Å²) in [6.07, 6.45) is 1.84.